The van der Waals surface area contributed by atoms with Crippen molar-refractivity contribution < 1.29 is 9.21 Å². The van der Waals surface area contributed by atoms with Gasteiger partial charge in [0.05, 0.1) is 22.4 Å². The molecule has 0 aliphatic rings. The molecule has 1 amide bonds. The van der Waals surface area contributed by atoms with E-state index in [4.69, 9.17) is 10.2 Å². The van der Waals surface area contributed by atoms with Gasteiger partial charge in [-0.05, 0) is 24.3 Å². The van der Waals surface area contributed by atoms with E-state index in [2.05, 4.69) is 15.3 Å². The normalized spacial score (nSPS) is 11.0. The second-order valence-electron chi connectivity index (χ2n) is 5.06. The zero-order valence-corrected chi connectivity index (χ0v) is 12.0. The van der Waals surface area contributed by atoms with Crippen LogP contribution in [-0.2, 0) is 0 Å². The quantitative estimate of drug-likeness (QED) is 0.554. The van der Waals surface area contributed by atoms with Gasteiger partial charge in [0.1, 0.15) is 17.3 Å². The fourth-order valence-electron chi connectivity index (χ4n) is 2.37. The molecule has 0 atom stereocenters. The second kappa shape index (κ2) is 5.10. The van der Waals surface area contributed by atoms with E-state index in [9.17, 15) is 4.79 Å². The van der Waals surface area contributed by atoms with Crippen LogP contribution in [0.25, 0.3) is 22.3 Å². The van der Waals surface area contributed by atoms with Gasteiger partial charge in [0, 0.05) is 0 Å². The minimum absolute atomic E-state index is 0.321. The Bertz CT molecular complexity index is 1040. The number of furan rings is 1. The molecule has 0 spiro atoms. The first-order valence-electron chi connectivity index (χ1n) is 7.02. The number of hydrogen-bond acceptors (Lipinski definition) is 5. The summed E-state index contributed by atoms with van der Waals surface area (Å²) in [5.74, 6) is -0.341. The number of anilines is 2. The highest BCUT2D eigenvalue weighted by Gasteiger charge is 2.17. The van der Waals surface area contributed by atoms with Gasteiger partial charge in [0.15, 0.2) is 0 Å². The summed E-state index contributed by atoms with van der Waals surface area (Å²) in [6, 6.07) is 14.5. The van der Waals surface area contributed by atoms with Crippen LogP contribution in [-0.4, -0.2) is 15.9 Å². The highest BCUT2D eigenvalue weighted by atomic mass is 16.3. The third-order valence-electron chi connectivity index (χ3n) is 3.54. The van der Waals surface area contributed by atoms with Crippen LogP contribution < -0.4 is 11.1 Å². The number of fused-ring (bicyclic) bond motifs is 2. The average molecular weight is 304 g/mol. The number of aromatic nitrogens is 2. The van der Waals surface area contributed by atoms with Gasteiger partial charge in [-0.25, -0.2) is 9.97 Å². The lowest BCUT2D eigenvalue weighted by Crippen LogP contribution is -2.13. The predicted octanol–water partition coefficient (Wildman–Crippen LogP) is 3.21. The number of nitrogens with two attached hydrogens (primary N) is 1. The summed E-state index contributed by atoms with van der Waals surface area (Å²) in [5, 5.41) is 2.76. The molecule has 0 aliphatic carbocycles. The Hall–Kier alpha value is -3.41. The molecule has 3 N–H and O–H groups in total. The number of nitrogen functional groups attached to an aromatic ring is 1. The van der Waals surface area contributed by atoms with Crippen LogP contribution in [0.5, 0.6) is 0 Å². The number of rotatable bonds is 2. The highest BCUT2D eigenvalue weighted by Crippen LogP contribution is 2.23. The second-order valence-corrected chi connectivity index (χ2v) is 5.06. The number of nitrogens with one attached hydrogen (secondary N) is 1. The Balaban J connectivity index is 1.78. The van der Waals surface area contributed by atoms with Gasteiger partial charge in [-0.3, -0.25) is 4.79 Å². The van der Waals surface area contributed by atoms with Crippen molar-refractivity contribution in [3.8, 4) is 0 Å². The maximum atomic E-state index is 12.5. The largest absolute Gasteiger partial charge is 0.444 e. The van der Waals surface area contributed by atoms with Gasteiger partial charge in [0.25, 0.3) is 5.91 Å². The van der Waals surface area contributed by atoms with E-state index in [1.807, 2.05) is 24.3 Å². The summed E-state index contributed by atoms with van der Waals surface area (Å²) < 4.78 is 5.38. The van der Waals surface area contributed by atoms with Crippen molar-refractivity contribution in [3.63, 3.8) is 0 Å². The van der Waals surface area contributed by atoms with Crippen molar-refractivity contribution in [1.29, 1.82) is 0 Å². The number of nitrogens with zero attached hydrogens (tertiary/aromatic N) is 2. The number of para-hydroxylation sites is 4. The summed E-state index contributed by atoms with van der Waals surface area (Å²) in [4.78, 5) is 21.3. The topological polar surface area (TPSA) is 94.0 Å². The van der Waals surface area contributed by atoms with Crippen LogP contribution in [0.3, 0.4) is 0 Å². The maximum Gasteiger partial charge on any atom is 0.261 e. The summed E-state index contributed by atoms with van der Waals surface area (Å²) in [6.07, 6.45) is 1.36. The Morgan fingerprint density at radius 1 is 1.00 bits per heavy atom. The van der Waals surface area contributed by atoms with Gasteiger partial charge in [-0.1, -0.05) is 24.3 Å². The minimum Gasteiger partial charge on any atom is -0.444 e. The highest BCUT2D eigenvalue weighted by molar-refractivity contribution is 6.12. The predicted molar refractivity (Wildman–Crippen MR) is 88.1 cm³/mol. The molecule has 0 unspecified atom stereocenters. The Kier molecular flexibility index (Phi) is 2.94. The summed E-state index contributed by atoms with van der Waals surface area (Å²) in [5.41, 5.74) is 9.37. The summed E-state index contributed by atoms with van der Waals surface area (Å²) in [6.45, 7) is 0. The van der Waals surface area contributed by atoms with Crippen molar-refractivity contribution in [2.45, 2.75) is 0 Å². The molecule has 2 heterocycles. The van der Waals surface area contributed by atoms with Crippen molar-refractivity contribution in [2.75, 3.05) is 11.1 Å². The van der Waals surface area contributed by atoms with E-state index in [1.54, 1.807) is 24.3 Å². The molecule has 2 aromatic heterocycles. The van der Waals surface area contributed by atoms with Gasteiger partial charge < -0.3 is 15.5 Å². The molecule has 2 aromatic carbocycles. The smallest absolute Gasteiger partial charge is 0.261 e. The molecule has 0 saturated carbocycles. The van der Waals surface area contributed by atoms with Gasteiger partial charge >= 0.3 is 0 Å². The average Bonchev–Trinajstić information content (AvgIpc) is 2.97. The van der Waals surface area contributed by atoms with Crippen LogP contribution in [0.4, 0.5) is 11.4 Å². The van der Waals surface area contributed by atoms with Crippen LogP contribution in [0.1, 0.15) is 10.4 Å². The lowest BCUT2D eigenvalue weighted by Gasteiger charge is -2.06. The lowest BCUT2D eigenvalue weighted by molar-refractivity contribution is 0.102. The molecule has 0 saturated heterocycles. The van der Waals surface area contributed by atoms with E-state index >= 15 is 0 Å². The Labute approximate surface area is 131 Å². The fourth-order valence-corrected chi connectivity index (χ4v) is 2.37. The van der Waals surface area contributed by atoms with Crippen molar-refractivity contribution in [1.82, 2.24) is 9.97 Å². The van der Waals surface area contributed by atoms with E-state index in [-0.39, 0.29) is 5.91 Å². The number of benzene rings is 2. The first-order valence-corrected chi connectivity index (χ1v) is 7.02. The van der Waals surface area contributed by atoms with Crippen LogP contribution >= 0.6 is 0 Å². The van der Waals surface area contributed by atoms with Gasteiger partial charge in [0.2, 0.25) is 5.71 Å². The first kappa shape index (κ1) is 13.3. The molecule has 4 rings (SSSR count). The van der Waals surface area contributed by atoms with Crippen molar-refractivity contribution in [3.05, 3.63) is 60.4 Å². The Morgan fingerprint density at radius 2 is 1.70 bits per heavy atom. The maximum absolute atomic E-state index is 12.5. The molecule has 4 aromatic rings. The summed E-state index contributed by atoms with van der Waals surface area (Å²) >= 11 is 0. The molecule has 6 nitrogen and oxygen atoms in total. The molecule has 0 radical (unpaired) electrons. The number of hydrogen-bond donors (Lipinski definition) is 2. The van der Waals surface area contributed by atoms with Gasteiger partial charge in [-0.15, -0.1) is 0 Å². The minimum atomic E-state index is -0.341. The molecule has 6 heteroatoms. The van der Waals surface area contributed by atoms with E-state index in [1.165, 1.54) is 6.26 Å². The molecule has 23 heavy (non-hydrogen) atoms. The summed E-state index contributed by atoms with van der Waals surface area (Å²) in [7, 11) is 0. The molecule has 112 valence electrons. The van der Waals surface area contributed by atoms with Crippen LogP contribution in [0.2, 0.25) is 0 Å². The molecule has 0 fully saturated rings. The molecule has 0 bridgehead atoms. The molecular formula is C17H12N4O2. The zero-order chi connectivity index (χ0) is 15.8. The lowest BCUT2D eigenvalue weighted by atomic mass is 10.2. The van der Waals surface area contributed by atoms with E-state index < -0.39 is 0 Å². The number of amides is 1. The monoisotopic (exact) mass is 304 g/mol. The first-order chi connectivity index (χ1) is 11.2. The SMILES string of the molecule is Nc1ccccc1NC(=O)c1coc2nc3ccccc3nc12. The van der Waals surface area contributed by atoms with E-state index in [0.717, 1.165) is 0 Å². The Morgan fingerprint density at radius 3 is 2.48 bits per heavy atom. The molecular weight excluding hydrogens is 292 g/mol. The van der Waals surface area contributed by atoms with Crippen molar-refractivity contribution in [2.24, 2.45) is 0 Å². The third kappa shape index (κ3) is 2.26. The standard InChI is InChI=1S/C17H12N4O2/c18-11-5-1-2-6-12(11)20-16(22)10-9-23-17-15(10)19-13-7-3-4-8-14(13)21-17/h1-9H,18H2,(H,20,22). The van der Waals surface area contributed by atoms with E-state index in [0.29, 0.717) is 39.2 Å². The fraction of sp³-hybridized carbons (Fsp3) is 0. The third-order valence-corrected chi connectivity index (χ3v) is 3.54. The number of carbonyl (C=O) groups is 1. The van der Waals surface area contributed by atoms with Crippen molar-refractivity contribution >= 4 is 39.5 Å². The molecule has 0 aliphatic heterocycles. The van der Waals surface area contributed by atoms with Gasteiger partial charge in [-0.2, -0.15) is 0 Å². The van der Waals surface area contributed by atoms with Crippen LogP contribution in [0.15, 0.2) is 59.2 Å². The zero-order valence-electron chi connectivity index (χ0n) is 12.0. The number of carbonyl (C=O) groups excluding carboxylic acids is 1. The van der Waals surface area contributed by atoms with Crippen LogP contribution in [0, 0.1) is 0 Å².